The van der Waals surface area contributed by atoms with E-state index in [9.17, 15) is 4.79 Å². The Morgan fingerprint density at radius 1 is 1.30 bits per heavy atom. The van der Waals surface area contributed by atoms with E-state index in [0.717, 1.165) is 23.5 Å². The summed E-state index contributed by atoms with van der Waals surface area (Å²) in [7, 11) is 0. The molecular formula is C17H23N3O2S. The quantitative estimate of drug-likeness (QED) is 0.865. The molecule has 0 fully saturated rings. The number of nitrogens with one attached hydrogen (secondary N) is 2. The molecule has 23 heavy (non-hydrogen) atoms. The number of aromatic nitrogens is 1. The number of alkyl carbamates (subject to hydrolysis) is 1. The molecule has 0 radical (unpaired) electrons. The van der Waals surface area contributed by atoms with E-state index in [0.29, 0.717) is 6.54 Å². The highest BCUT2D eigenvalue weighted by atomic mass is 32.1. The molecule has 0 aliphatic heterocycles. The van der Waals surface area contributed by atoms with E-state index in [1.807, 2.05) is 57.5 Å². The van der Waals surface area contributed by atoms with Gasteiger partial charge in [0.15, 0.2) is 0 Å². The predicted molar refractivity (Wildman–Crippen MR) is 93.7 cm³/mol. The van der Waals surface area contributed by atoms with Crippen molar-refractivity contribution in [2.24, 2.45) is 0 Å². The summed E-state index contributed by atoms with van der Waals surface area (Å²) < 4.78 is 5.23. The summed E-state index contributed by atoms with van der Waals surface area (Å²) in [5.41, 5.74) is 4.46. The monoisotopic (exact) mass is 333 g/mol. The van der Waals surface area contributed by atoms with Crippen molar-refractivity contribution in [2.45, 2.75) is 46.4 Å². The number of carbonyl (C=O) groups is 1. The van der Waals surface area contributed by atoms with Crippen molar-refractivity contribution in [3.8, 4) is 0 Å². The van der Waals surface area contributed by atoms with E-state index in [-0.39, 0.29) is 0 Å². The van der Waals surface area contributed by atoms with E-state index < -0.39 is 11.7 Å². The number of ether oxygens (including phenoxy) is 1. The molecule has 1 amide bonds. The largest absolute Gasteiger partial charge is 0.444 e. The van der Waals surface area contributed by atoms with E-state index in [2.05, 4.69) is 15.6 Å². The zero-order chi connectivity index (χ0) is 16.9. The number of nitrogens with zero attached hydrogens (tertiary/aromatic N) is 1. The molecule has 1 aromatic carbocycles. The predicted octanol–water partition coefficient (Wildman–Crippen LogP) is 4.09. The van der Waals surface area contributed by atoms with Gasteiger partial charge in [-0.25, -0.2) is 9.78 Å². The number of amides is 1. The highest BCUT2D eigenvalue weighted by molar-refractivity contribution is 7.09. The van der Waals surface area contributed by atoms with Crippen LogP contribution < -0.4 is 10.6 Å². The fourth-order valence-electron chi connectivity index (χ4n) is 1.96. The summed E-state index contributed by atoms with van der Waals surface area (Å²) in [4.78, 5) is 17.1. The number of thiazole rings is 1. The lowest BCUT2D eigenvalue weighted by Crippen LogP contribution is -2.32. The van der Waals surface area contributed by atoms with Gasteiger partial charge in [0.1, 0.15) is 5.60 Å². The highest BCUT2D eigenvalue weighted by Gasteiger charge is 2.15. The molecule has 124 valence electrons. The van der Waals surface area contributed by atoms with Crippen LogP contribution in [0.15, 0.2) is 29.8 Å². The molecule has 6 heteroatoms. The number of rotatable bonds is 5. The molecule has 0 aliphatic carbocycles. The molecule has 0 atom stereocenters. The van der Waals surface area contributed by atoms with Crippen LogP contribution >= 0.6 is 11.3 Å². The third kappa shape index (κ3) is 5.90. The fourth-order valence-corrected chi connectivity index (χ4v) is 2.67. The van der Waals surface area contributed by atoms with Crippen molar-refractivity contribution in [3.63, 3.8) is 0 Å². The van der Waals surface area contributed by atoms with Gasteiger partial charge in [0.25, 0.3) is 0 Å². The summed E-state index contributed by atoms with van der Waals surface area (Å²) in [5, 5.41) is 6.15. The summed E-state index contributed by atoms with van der Waals surface area (Å²) in [6.45, 7) is 8.73. The Morgan fingerprint density at radius 2 is 2.09 bits per heavy atom. The second kappa shape index (κ2) is 7.46. The molecule has 1 aromatic heterocycles. The first-order chi connectivity index (χ1) is 10.8. The normalized spacial score (nSPS) is 11.1. The number of hydrogen-bond acceptors (Lipinski definition) is 5. The molecule has 0 aliphatic rings. The van der Waals surface area contributed by atoms with Gasteiger partial charge in [-0.2, -0.15) is 0 Å². The topological polar surface area (TPSA) is 63.2 Å². The van der Waals surface area contributed by atoms with Crippen molar-refractivity contribution < 1.29 is 9.53 Å². The Bertz CT molecular complexity index is 662. The van der Waals surface area contributed by atoms with Gasteiger partial charge in [-0.15, -0.1) is 11.3 Å². The molecule has 0 spiro atoms. The number of aryl methyl sites for hydroxylation is 1. The minimum Gasteiger partial charge on any atom is -0.444 e. The molecule has 0 unspecified atom stereocenters. The summed E-state index contributed by atoms with van der Waals surface area (Å²) >= 11 is 1.65. The van der Waals surface area contributed by atoms with Crippen molar-refractivity contribution in [1.29, 1.82) is 0 Å². The van der Waals surface area contributed by atoms with Gasteiger partial charge in [-0.1, -0.05) is 12.1 Å². The number of benzene rings is 1. The molecule has 2 aromatic rings. The third-order valence-electron chi connectivity index (χ3n) is 3.06. The fraction of sp³-hybridized carbons (Fsp3) is 0.412. The standard InChI is InChI=1S/C17H23N3O2S/c1-12-15(23-11-20-12)10-18-14-7-5-6-13(8-14)9-19-16(21)22-17(2,3)4/h5-8,11,18H,9-10H2,1-4H3,(H,19,21). The molecule has 0 saturated heterocycles. The first-order valence-electron chi connectivity index (χ1n) is 7.52. The van der Waals surface area contributed by atoms with Crippen molar-refractivity contribution >= 4 is 23.1 Å². The molecule has 1 heterocycles. The summed E-state index contributed by atoms with van der Waals surface area (Å²) in [5.74, 6) is 0. The van der Waals surface area contributed by atoms with Crippen LogP contribution in [0.1, 0.15) is 36.9 Å². The lowest BCUT2D eigenvalue weighted by Gasteiger charge is -2.19. The maximum absolute atomic E-state index is 11.7. The van der Waals surface area contributed by atoms with Crippen LogP contribution in [-0.2, 0) is 17.8 Å². The van der Waals surface area contributed by atoms with E-state index in [1.54, 1.807) is 11.3 Å². The first kappa shape index (κ1) is 17.3. The molecule has 0 saturated carbocycles. The van der Waals surface area contributed by atoms with Crippen LogP contribution in [0.2, 0.25) is 0 Å². The Morgan fingerprint density at radius 3 is 2.74 bits per heavy atom. The van der Waals surface area contributed by atoms with Gasteiger partial charge in [-0.05, 0) is 45.4 Å². The van der Waals surface area contributed by atoms with Gasteiger partial charge in [0, 0.05) is 17.1 Å². The van der Waals surface area contributed by atoms with Gasteiger partial charge < -0.3 is 15.4 Å². The molecule has 2 N–H and O–H groups in total. The Hall–Kier alpha value is -2.08. The Kier molecular flexibility index (Phi) is 5.60. The van der Waals surface area contributed by atoms with Crippen LogP contribution in [0.25, 0.3) is 0 Å². The summed E-state index contributed by atoms with van der Waals surface area (Å²) in [6, 6.07) is 7.97. The minimum atomic E-state index is -0.486. The lowest BCUT2D eigenvalue weighted by molar-refractivity contribution is 0.0523. The van der Waals surface area contributed by atoms with Crippen LogP contribution in [0.3, 0.4) is 0 Å². The van der Waals surface area contributed by atoms with Crippen LogP contribution in [0.4, 0.5) is 10.5 Å². The third-order valence-corrected chi connectivity index (χ3v) is 4.00. The zero-order valence-corrected chi connectivity index (χ0v) is 14.8. The smallest absolute Gasteiger partial charge is 0.407 e. The number of hydrogen-bond donors (Lipinski definition) is 2. The Balaban J connectivity index is 1.87. The highest BCUT2D eigenvalue weighted by Crippen LogP contribution is 2.16. The van der Waals surface area contributed by atoms with E-state index >= 15 is 0 Å². The van der Waals surface area contributed by atoms with Gasteiger partial charge >= 0.3 is 6.09 Å². The van der Waals surface area contributed by atoms with Crippen molar-refractivity contribution in [1.82, 2.24) is 10.3 Å². The van der Waals surface area contributed by atoms with Gasteiger partial charge in [-0.3, -0.25) is 0 Å². The van der Waals surface area contributed by atoms with Crippen molar-refractivity contribution in [3.05, 3.63) is 45.9 Å². The SMILES string of the molecule is Cc1ncsc1CNc1cccc(CNC(=O)OC(C)(C)C)c1. The van der Waals surface area contributed by atoms with E-state index in [1.165, 1.54) is 4.88 Å². The zero-order valence-electron chi connectivity index (χ0n) is 14.0. The van der Waals surface area contributed by atoms with Crippen LogP contribution in [-0.4, -0.2) is 16.7 Å². The van der Waals surface area contributed by atoms with Crippen LogP contribution in [0, 0.1) is 6.92 Å². The first-order valence-corrected chi connectivity index (χ1v) is 8.40. The number of carbonyl (C=O) groups excluding carboxylic acids is 1. The maximum Gasteiger partial charge on any atom is 0.407 e. The minimum absolute atomic E-state index is 0.406. The molecule has 5 nitrogen and oxygen atoms in total. The van der Waals surface area contributed by atoms with Gasteiger partial charge in [0.2, 0.25) is 0 Å². The number of anilines is 1. The molecule has 2 rings (SSSR count). The van der Waals surface area contributed by atoms with Crippen LogP contribution in [0.5, 0.6) is 0 Å². The average molecular weight is 333 g/mol. The van der Waals surface area contributed by atoms with Gasteiger partial charge in [0.05, 0.1) is 17.7 Å². The van der Waals surface area contributed by atoms with Crippen molar-refractivity contribution in [2.75, 3.05) is 5.32 Å². The second-order valence-corrected chi connectivity index (χ2v) is 7.21. The Labute approximate surface area is 141 Å². The molecule has 0 bridgehead atoms. The molecular weight excluding hydrogens is 310 g/mol. The second-order valence-electron chi connectivity index (χ2n) is 6.27. The average Bonchev–Trinajstić information content (AvgIpc) is 2.87. The van der Waals surface area contributed by atoms with E-state index in [4.69, 9.17) is 4.74 Å². The summed E-state index contributed by atoms with van der Waals surface area (Å²) in [6.07, 6.45) is -0.406. The lowest BCUT2D eigenvalue weighted by atomic mass is 10.2. The maximum atomic E-state index is 11.7.